The van der Waals surface area contributed by atoms with E-state index in [4.69, 9.17) is 5.73 Å². The topological polar surface area (TPSA) is 74.9 Å². The van der Waals surface area contributed by atoms with E-state index in [0.717, 1.165) is 0 Å². The van der Waals surface area contributed by atoms with E-state index in [2.05, 4.69) is 5.32 Å². The molecule has 0 spiro atoms. The molecule has 0 aromatic carbocycles. The van der Waals surface area contributed by atoms with Gasteiger partial charge in [0.1, 0.15) is 0 Å². The second-order valence-electron chi connectivity index (χ2n) is 3.30. The van der Waals surface area contributed by atoms with Gasteiger partial charge in [0.25, 0.3) is 5.91 Å². The standard InChI is InChI=1S/C9H11N3O2.Re/c1-12-6(13)4-5-2-3-11-9(14)7(5)8(12)10;/h4H,2-3H2,1H3,(H3,10,11,13,14);/p-1. The Balaban J connectivity index is 0.00000112. The summed E-state index contributed by atoms with van der Waals surface area (Å²) in [5.41, 5.74) is 8.43. The molecule has 5 nitrogen and oxygen atoms in total. The van der Waals surface area contributed by atoms with Gasteiger partial charge in [-0.05, 0) is 23.9 Å². The number of rotatable bonds is 0. The number of carbonyl (C=O) groups is 1. The Bertz CT molecular complexity index is 467. The van der Waals surface area contributed by atoms with E-state index in [1.54, 1.807) is 0 Å². The van der Waals surface area contributed by atoms with Gasteiger partial charge in [-0.1, -0.05) is 7.05 Å². The fourth-order valence-corrected chi connectivity index (χ4v) is 1.60. The van der Waals surface area contributed by atoms with Gasteiger partial charge in [0.15, 0.2) is 5.56 Å². The van der Waals surface area contributed by atoms with Crippen LogP contribution >= 0.6 is 0 Å². The van der Waals surface area contributed by atoms with Crippen LogP contribution in [-0.4, -0.2) is 17.0 Å². The van der Waals surface area contributed by atoms with Gasteiger partial charge < -0.3 is 15.6 Å². The summed E-state index contributed by atoms with van der Waals surface area (Å²) in [6, 6.07) is 1.44. The molecular weight excluding hydrogens is 368 g/mol. The van der Waals surface area contributed by atoms with Crippen molar-refractivity contribution in [3.8, 4) is 0 Å². The van der Waals surface area contributed by atoms with E-state index >= 15 is 0 Å². The maximum Gasteiger partial charge on any atom is 0.251 e. The first kappa shape index (κ1) is 12.0. The predicted octanol–water partition coefficient (Wildman–Crippen LogP) is 0.352. The van der Waals surface area contributed by atoms with Gasteiger partial charge in [0.05, 0.1) is 0 Å². The molecule has 1 aliphatic rings. The number of hydrogen-bond donors (Lipinski definition) is 1. The van der Waals surface area contributed by atoms with E-state index in [-0.39, 0.29) is 37.7 Å². The first-order valence-corrected chi connectivity index (χ1v) is 4.34. The van der Waals surface area contributed by atoms with Crippen LogP contribution in [0.15, 0.2) is 10.9 Å². The molecule has 0 saturated heterocycles. The minimum atomic E-state index is -0.258. The molecule has 0 saturated carbocycles. The third kappa shape index (κ3) is 1.83. The van der Waals surface area contributed by atoms with Crippen molar-refractivity contribution in [2.75, 3.05) is 6.54 Å². The fourth-order valence-electron chi connectivity index (χ4n) is 1.60. The summed E-state index contributed by atoms with van der Waals surface area (Å²) in [5, 5.41) is 2.65. The van der Waals surface area contributed by atoms with Gasteiger partial charge in [-0.25, -0.2) is 0 Å². The second-order valence-corrected chi connectivity index (χ2v) is 3.30. The van der Waals surface area contributed by atoms with Gasteiger partial charge in [-0.15, -0.1) is 0 Å². The number of nitrogens with one attached hydrogen (secondary N) is 2. The molecule has 81 valence electrons. The summed E-state index contributed by atoms with van der Waals surface area (Å²) < 4.78 is 1.17. The average Bonchev–Trinajstić information content (AvgIpc) is 2.14. The van der Waals surface area contributed by atoms with E-state index in [1.165, 1.54) is 17.7 Å². The Hall–Kier alpha value is -1.12. The fraction of sp³-hybridized carbons (Fsp3) is 0.333. The molecule has 1 amide bonds. The van der Waals surface area contributed by atoms with Crippen LogP contribution in [-0.2, 0) is 33.9 Å². The van der Waals surface area contributed by atoms with Crippen LogP contribution in [0.4, 0.5) is 5.82 Å². The van der Waals surface area contributed by atoms with Crippen LogP contribution in [0.25, 0.3) is 5.73 Å². The Kier molecular flexibility index (Phi) is 3.32. The molecule has 2 rings (SSSR count). The van der Waals surface area contributed by atoms with Crippen molar-refractivity contribution < 1.29 is 25.2 Å². The molecule has 15 heavy (non-hydrogen) atoms. The molecule has 0 unspecified atom stereocenters. The Labute approximate surface area is 100 Å². The Morgan fingerprint density at radius 3 is 2.80 bits per heavy atom. The summed E-state index contributed by atoms with van der Waals surface area (Å²) in [5.74, 6) is -0.267. The molecule has 2 heterocycles. The molecule has 2 N–H and O–H groups in total. The minimum absolute atomic E-state index is 0. The van der Waals surface area contributed by atoms with Gasteiger partial charge in [-0.3, -0.25) is 9.59 Å². The third-order valence-corrected chi connectivity index (χ3v) is 2.43. The van der Waals surface area contributed by atoms with Crippen molar-refractivity contribution >= 4 is 11.7 Å². The summed E-state index contributed by atoms with van der Waals surface area (Å²) in [6.45, 7) is 0.540. The van der Waals surface area contributed by atoms with Crippen LogP contribution in [0.3, 0.4) is 0 Å². The molecule has 0 atom stereocenters. The van der Waals surface area contributed by atoms with Gasteiger partial charge >= 0.3 is 0 Å². The van der Waals surface area contributed by atoms with Crippen molar-refractivity contribution in [2.45, 2.75) is 6.42 Å². The van der Waals surface area contributed by atoms with Crippen LogP contribution in [0, 0.1) is 0 Å². The number of pyridine rings is 1. The molecule has 1 aromatic heterocycles. The summed E-state index contributed by atoms with van der Waals surface area (Å²) >= 11 is 0. The predicted molar refractivity (Wildman–Crippen MR) is 51.7 cm³/mol. The van der Waals surface area contributed by atoms with Crippen LogP contribution in [0.1, 0.15) is 15.9 Å². The van der Waals surface area contributed by atoms with E-state index in [9.17, 15) is 9.59 Å². The smallest absolute Gasteiger partial charge is 0.251 e. The minimum Gasteiger partial charge on any atom is -0.481 e. The molecule has 1 radical (unpaired) electrons. The monoisotopic (exact) mass is 379 g/mol. The van der Waals surface area contributed by atoms with Gasteiger partial charge in [0, 0.05) is 32.5 Å². The first-order valence-electron chi connectivity index (χ1n) is 4.34. The first-order chi connectivity index (χ1) is 6.61. The third-order valence-electron chi connectivity index (χ3n) is 2.43. The normalized spacial score (nSPS) is 13.8. The number of aromatic nitrogens is 1. The second kappa shape index (κ2) is 4.17. The van der Waals surface area contributed by atoms with Crippen molar-refractivity contribution in [1.82, 2.24) is 9.88 Å². The molecule has 0 aliphatic carbocycles. The quantitative estimate of drug-likeness (QED) is 0.708. The largest absolute Gasteiger partial charge is 0.481 e. The molecule has 0 fully saturated rings. The number of nitrogens with zero attached hydrogens (tertiary/aromatic N) is 1. The maximum absolute atomic E-state index is 11.4. The number of fused-ring (bicyclic) bond motifs is 1. The molecule has 1 aliphatic heterocycles. The Morgan fingerprint density at radius 2 is 2.13 bits per heavy atom. The molecular formula is C9H10N3O2Re-. The summed E-state index contributed by atoms with van der Waals surface area (Å²) in [7, 11) is 1.49. The number of hydrogen-bond acceptors (Lipinski definition) is 2. The van der Waals surface area contributed by atoms with Crippen LogP contribution in [0.2, 0.25) is 0 Å². The van der Waals surface area contributed by atoms with Crippen molar-refractivity contribution in [1.29, 1.82) is 0 Å². The van der Waals surface area contributed by atoms with E-state index < -0.39 is 0 Å². The Morgan fingerprint density at radius 1 is 1.47 bits per heavy atom. The molecule has 6 heteroatoms. The van der Waals surface area contributed by atoms with E-state index in [0.29, 0.717) is 24.1 Å². The zero-order chi connectivity index (χ0) is 10.3. The average molecular weight is 378 g/mol. The summed E-state index contributed by atoms with van der Waals surface area (Å²) in [4.78, 5) is 22.8. The van der Waals surface area contributed by atoms with Gasteiger partial charge in [0.2, 0.25) is 0 Å². The summed E-state index contributed by atoms with van der Waals surface area (Å²) in [6.07, 6.45) is 0.628. The van der Waals surface area contributed by atoms with Crippen LogP contribution < -0.4 is 10.9 Å². The SMILES string of the molecule is Cn1c([NH-])c2c(cc1=O)CCNC2=O.[Re]. The van der Waals surface area contributed by atoms with E-state index in [1.807, 2.05) is 0 Å². The number of amides is 1. The maximum atomic E-state index is 11.4. The zero-order valence-corrected chi connectivity index (χ0v) is 10.8. The van der Waals surface area contributed by atoms with Crippen molar-refractivity contribution in [3.05, 3.63) is 33.3 Å². The zero-order valence-electron chi connectivity index (χ0n) is 8.13. The number of carbonyl (C=O) groups excluding carboxylic acids is 1. The van der Waals surface area contributed by atoms with Crippen molar-refractivity contribution in [3.63, 3.8) is 0 Å². The van der Waals surface area contributed by atoms with Crippen molar-refractivity contribution in [2.24, 2.45) is 7.05 Å². The van der Waals surface area contributed by atoms with Gasteiger partial charge in [-0.2, -0.15) is 0 Å². The molecule has 1 aromatic rings. The van der Waals surface area contributed by atoms with Crippen LogP contribution in [0.5, 0.6) is 0 Å². The molecule has 0 bridgehead atoms.